The number of nitrogens with one attached hydrogen (secondary N) is 1. The summed E-state index contributed by atoms with van der Waals surface area (Å²) in [6.45, 7) is 14.3. The molecule has 4 nitrogen and oxygen atoms in total. The zero-order chi connectivity index (χ0) is 16.8. The first-order valence-corrected chi connectivity index (χ1v) is 8.92. The van der Waals surface area contributed by atoms with Gasteiger partial charge in [0.2, 0.25) is 0 Å². The number of ether oxygens (including phenoxy) is 1. The Morgan fingerprint density at radius 1 is 1.23 bits per heavy atom. The Bertz CT molecular complexity index is 332. The Morgan fingerprint density at radius 3 is 2.36 bits per heavy atom. The first-order valence-electron chi connectivity index (χ1n) is 8.92. The molecule has 0 aliphatic heterocycles. The maximum absolute atomic E-state index is 12.2. The van der Waals surface area contributed by atoms with Crippen molar-refractivity contribution in [1.29, 1.82) is 0 Å². The lowest BCUT2D eigenvalue weighted by Gasteiger charge is -2.27. The highest BCUT2D eigenvalue weighted by Crippen LogP contribution is 2.28. The van der Waals surface area contributed by atoms with E-state index in [1.54, 1.807) is 0 Å². The molecule has 0 aromatic carbocycles. The summed E-state index contributed by atoms with van der Waals surface area (Å²) in [5, 5.41) is 3.56. The van der Waals surface area contributed by atoms with Gasteiger partial charge in [0, 0.05) is 18.6 Å². The number of rotatable bonds is 9. The number of hydrogen-bond donors (Lipinski definition) is 1. The SMILES string of the molecule is CC(C)CCC(C)NCCCN(C(=O)OC(C)(C)C)C1CC1. The highest BCUT2D eigenvalue weighted by molar-refractivity contribution is 5.69. The van der Waals surface area contributed by atoms with Crippen molar-refractivity contribution in [2.75, 3.05) is 13.1 Å². The zero-order valence-electron chi connectivity index (χ0n) is 15.4. The lowest BCUT2D eigenvalue weighted by Crippen LogP contribution is -2.40. The van der Waals surface area contributed by atoms with E-state index in [2.05, 4.69) is 26.1 Å². The number of nitrogens with zero attached hydrogens (tertiary/aromatic N) is 1. The molecule has 0 heterocycles. The minimum Gasteiger partial charge on any atom is -0.444 e. The number of carbonyl (C=O) groups excluding carboxylic acids is 1. The molecule has 0 aromatic heterocycles. The van der Waals surface area contributed by atoms with Crippen LogP contribution in [0.15, 0.2) is 0 Å². The van der Waals surface area contributed by atoms with Crippen LogP contribution in [0.3, 0.4) is 0 Å². The van der Waals surface area contributed by atoms with E-state index in [0.717, 1.165) is 38.3 Å². The molecule has 0 radical (unpaired) electrons. The van der Waals surface area contributed by atoms with Gasteiger partial charge in [-0.05, 0) is 72.3 Å². The molecule has 4 heteroatoms. The van der Waals surface area contributed by atoms with Gasteiger partial charge in [0.15, 0.2) is 0 Å². The first kappa shape index (κ1) is 19.3. The highest BCUT2D eigenvalue weighted by atomic mass is 16.6. The van der Waals surface area contributed by atoms with Crippen LogP contribution >= 0.6 is 0 Å². The molecule has 0 spiro atoms. The van der Waals surface area contributed by atoms with Crippen LogP contribution < -0.4 is 5.32 Å². The molecule has 1 aliphatic rings. The normalized spacial score (nSPS) is 16.7. The molecule has 1 amide bonds. The molecule has 0 aromatic rings. The third kappa shape index (κ3) is 8.62. The van der Waals surface area contributed by atoms with E-state index in [1.165, 1.54) is 12.8 Å². The lowest BCUT2D eigenvalue weighted by molar-refractivity contribution is 0.0231. The summed E-state index contributed by atoms with van der Waals surface area (Å²) in [5.74, 6) is 0.766. The number of carbonyl (C=O) groups is 1. The van der Waals surface area contributed by atoms with Crippen molar-refractivity contribution in [3.05, 3.63) is 0 Å². The Labute approximate surface area is 137 Å². The van der Waals surface area contributed by atoms with Gasteiger partial charge in [-0.1, -0.05) is 13.8 Å². The van der Waals surface area contributed by atoms with Gasteiger partial charge in [0.1, 0.15) is 5.60 Å². The van der Waals surface area contributed by atoms with Gasteiger partial charge in [-0.15, -0.1) is 0 Å². The number of amides is 1. The van der Waals surface area contributed by atoms with Crippen molar-refractivity contribution in [1.82, 2.24) is 10.2 Å². The molecule has 1 fully saturated rings. The largest absolute Gasteiger partial charge is 0.444 e. The van der Waals surface area contributed by atoms with Crippen molar-refractivity contribution in [3.63, 3.8) is 0 Å². The number of hydrogen-bond acceptors (Lipinski definition) is 3. The minimum absolute atomic E-state index is 0.150. The molecule has 1 atom stereocenters. The molecule has 130 valence electrons. The maximum atomic E-state index is 12.2. The van der Waals surface area contributed by atoms with E-state index in [9.17, 15) is 4.79 Å². The molecule has 0 bridgehead atoms. The first-order chi connectivity index (χ1) is 10.2. The predicted octanol–water partition coefficient (Wildman–Crippen LogP) is 4.19. The third-order valence-corrected chi connectivity index (χ3v) is 3.86. The smallest absolute Gasteiger partial charge is 0.410 e. The molecular formula is C18H36N2O2. The monoisotopic (exact) mass is 312 g/mol. The van der Waals surface area contributed by atoms with Gasteiger partial charge in [-0.2, -0.15) is 0 Å². The fraction of sp³-hybridized carbons (Fsp3) is 0.944. The van der Waals surface area contributed by atoms with Crippen LogP contribution in [0.2, 0.25) is 0 Å². The van der Waals surface area contributed by atoms with Crippen LogP contribution in [-0.4, -0.2) is 41.8 Å². The van der Waals surface area contributed by atoms with E-state index in [0.29, 0.717) is 12.1 Å². The van der Waals surface area contributed by atoms with E-state index in [-0.39, 0.29) is 6.09 Å². The van der Waals surface area contributed by atoms with Gasteiger partial charge >= 0.3 is 6.09 Å². The molecule has 0 saturated heterocycles. The molecular weight excluding hydrogens is 276 g/mol. The van der Waals surface area contributed by atoms with E-state index in [4.69, 9.17) is 4.74 Å². The van der Waals surface area contributed by atoms with Gasteiger partial charge in [-0.25, -0.2) is 4.79 Å². The summed E-state index contributed by atoms with van der Waals surface area (Å²) in [6.07, 6.45) is 5.57. The third-order valence-electron chi connectivity index (χ3n) is 3.86. The quantitative estimate of drug-likeness (QED) is 0.649. The molecule has 1 saturated carbocycles. The Hall–Kier alpha value is -0.770. The van der Waals surface area contributed by atoms with E-state index >= 15 is 0 Å². The topological polar surface area (TPSA) is 41.6 Å². The van der Waals surface area contributed by atoms with Gasteiger partial charge in [-0.3, -0.25) is 0 Å². The van der Waals surface area contributed by atoms with Crippen LogP contribution in [0.4, 0.5) is 4.79 Å². The average Bonchev–Trinajstić information content (AvgIpc) is 3.18. The maximum Gasteiger partial charge on any atom is 0.410 e. The fourth-order valence-corrected chi connectivity index (χ4v) is 2.41. The second-order valence-electron chi connectivity index (χ2n) is 8.08. The summed E-state index contributed by atoms with van der Waals surface area (Å²) in [5.41, 5.74) is -0.409. The van der Waals surface area contributed by atoms with Crippen molar-refractivity contribution >= 4 is 6.09 Å². The van der Waals surface area contributed by atoms with Crippen molar-refractivity contribution in [2.24, 2.45) is 5.92 Å². The van der Waals surface area contributed by atoms with Crippen molar-refractivity contribution in [2.45, 2.75) is 91.3 Å². The van der Waals surface area contributed by atoms with Crippen LogP contribution in [-0.2, 0) is 4.74 Å². The average molecular weight is 312 g/mol. The van der Waals surface area contributed by atoms with Gasteiger partial charge in [0.25, 0.3) is 0 Å². The van der Waals surface area contributed by atoms with Crippen LogP contribution in [0.25, 0.3) is 0 Å². The zero-order valence-corrected chi connectivity index (χ0v) is 15.4. The summed E-state index contributed by atoms with van der Waals surface area (Å²) < 4.78 is 5.51. The Morgan fingerprint density at radius 2 is 1.86 bits per heavy atom. The second kappa shape index (κ2) is 8.76. The minimum atomic E-state index is -0.409. The van der Waals surface area contributed by atoms with Gasteiger partial charge in [0.05, 0.1) is 0 Å². The fourth-order valence-electron chi connectivity index (χ4n) is 2.41. The summed E-state index contributed by atoms with van der Waals surface area (Å²) >= 11 is 0. The standard InChI is InChI=1S/C18H36N2O2/c1-14(2)8-9-15(3)19-12-7-13-20(16-10-11-16)17(21)22-18(4,5)6/h14-16,19H,7-13H2,1-6H3. The molecule has 1 unspecified atom stereocenters. The van der Waals surface area contributed by atoms with Gasteiger partial charge < -0.3 is 15.0 Å². The molecule has 1 rings (SSSR count). The van der Waals surface area contributed by atoms with Crippen LogP contribution in [0, 0.1) is 5.92 Å². The Balaban J connectivity index is 2.23. The van der Waals surface area contributed by atoms with Crippen molar-refractivity contribution < 1.29 is 9.53 Å². The second-order valence-corrected chi connectivity index (χ2v) is 8.08. The summed E-state index contributed by atoms with van der Waals surface area (Å²) in [4.78, 5) is 14.2. The lowest BCUT2D eigenvalue weighted by atomic mass is 10.0. The summed E-state index contributed by atoms with van der Waals surface area (Å²) in [6, 6.07) is 0.964. The van der Waals surface area contributed by atoms with Crippen molar-refractivity contribution in [3.8, 4) is 0 Å². The van der Waals surface area contributed by atoms with E-state index < -0.39 is 5.60 Å². The predicted molar refractivity (Wildman–Crippen MR) is 92.1 cm³/mol. The molecule has 1 aliphatic carbocycles. The van der Waals surface area contributed by atoms with Crippen LogP contribution in [0.1, 0.15) is 73.6 Å². The molecule has 1 N–H and O–H groups in total. The van der Waals surface area contributed by atoms with E-state index in [1.807, 2.05) is 25.7 Å². The molecule has 22 heavy (non-hydrogen) atoms. The van der Waals surface area contributed by atoms with Crippen LogP contribution in [0.5, 0.6) is 0 Å². The summed E-state index contributed by atoms with van der Waals surface area (Å²) in [7, 11) is 0. The highest BCUT2D eigenvalue weighted by Gasteiger charge is 2.34. The Kier molecular flexibility index (Phi) is 7.67.